The summed E-state index contributed by atoms with van der Waals surface area (Å²) < 4.78 is 18.6. The largest absolute Gasteiger partial charge is 0.464 e. The molecule has 1 aromatic heterocycles. The van der Waals surface area contributed by atoms with Crippen LogP contribution in [0.4, 0.5) is 10.1 Å². The lowest BCUT2D eigenvalue weighted by Crippen LogP contribution is -2.17. The van der Waals surface area contributed by atoms with Crippen molar-refractivity contribution in [1.29, 1.82) is 0 Å². The number of hydrogen-bond donors (Lipinski definition) is 1. The molecule has 1 heterocycles. The number of anilines is 1. The van der Waals surface area contributed by atoms with Gasteiger partial charge in [0.2, 0.25) is 0 Å². The van der Waals surface area contributed by atoms with Crippen molar-refractivity contribution in [1.82, 2.24) is 0 Å². The van der Waals surface area contributed by atoms with Gasteiger partial charge in [0.1, 0.15) is 17.3 Å². The molecular weight excluding hydrogens is 233 g/mol. The molecule has 96 valence electrons. The molecule has 0 fully saturated rings. The zero-order valence-electron chi connectivity index (χ0n) is 10.5. The quantitative estimate of drug-likeness (QED) is 0.905. The molecule has 0 spiro atoms. The van der Waals surface area contributed by atoms with Gasteiger partial charge in [-0.2, -0.15) is 0 Å². The summed E-state index contributed by atoms with van der Waals surface area (Å²) in [5, 5.41) is 9.25. The summed E-state index contributed by atoms with van der Waals surface area (Å²) in [6.07, 6.45) is 0. The van der Waals surface area contributed by atoms with Crippen LogP contribution in [0.2, 0.25) is 0 Å². The Morgan fingerprint density at radius 1 is 1.28 bits per heavy atom. The fourth-order valence-corrected chi connectivity index (χ4v) is 1.94. The van der Waals surface area contributed by atoms with E-state index in [-0.39, 0.29) is 12.4 Å². The van der Waals surface area contributed by atoms with Crippen molar-refractivity contribution in [3.63, 3.8) is 0 Å². The minimum atomic E-state index is -0.343. The molecule has 2 aromatic rings. The fraction of sp³-hybridized carbons (Fsp3) is 0.286. The van der Waals surface area contributed by atoms with Gasteiger partial charge in [-0.3, -0.25) is 0 Å². The second-order valence-electron chi connectivity index (χ2n) is 4.30. The summed E-state index contributed by atoms with van der Waals surface area (Å²) in [5.41, 5.74) is 1.37. The standard InChI is InChI=1S/C14H16FNO2/c1-10-3-5-13(18-10)8-16(2)14-6-4-12(15)7-11(14)9-17/h3-7,17H,8-9H2,1-2H3. The van der Waals surface area contributed by atoms with E-state index in [0.29, 0.717) is 12.1 Å². The normalized spacial score (nSPS) is 10.7. The molecule has 18 heavy (non-hydrogen) atoms. The molecule has 1 aromatic carbocycles. The van der Waals surface area contributed by atoms with Gasteiger partial charge in [-0.1, -0.05) is 0 Å². The Morgan fingerprint density at radius 2 is 2.06 bits per heavy atom. The molecule has 0 aliphatic rings. The Kier molecular flexibility index (Phi) is 3.67. The number of aliphatic hydroxyl groups is 1. The lowest BCUT2D eigenvalue weighted by atomic mass is 10.1. The van der Waals surface area contributed by atoms with Gasteiger partial charge in [0, 0.05) is 18.3 Å². The molecule has 0 radical (unpaired) electrons. The molecule has 0 atom stereocenters. The van der Waals surface area contributed by atoms with Gasteiger partial charge >= 0.3 is 0 Å². The van der Waals surface area contributed by atoms with Crippen molar-refractivity contribution < 1.29 is 13.9 Å². The number of aliphatic hydroxyl groups excluding tert-OH is 1. The van der Waals surface area contributed by atoms with Crippen molar-refractivity contribution in [3.05, 3.63) is 53.2 Å². The van der Waals surface area contributed by atoms with Crippen LogP contribution in [0.3, 0.4) is 0 Å². The first kappa shape index (κ1) is 12.6. The van der Waals surface area contributed by atoms with Crippen LogP contribution in [-0.4, -0.2) is 12.2 Å². The van der Waals surface area contributed by atoms with Crippen LogP contribution in [-0.2, 0) is 13.2 Å². The summed E-state index contributed by atoms with van der Waals surface area (Å²) in [6.45, 7) is 2.28. The van der Waals surface area contributed by atoms with Crippen LogP contribution >= 0.6 is 0 Å². The first-order valence-corrected chi connectivity index (χ1v) is 5.76. The third-order valence-corrected chi connectivity index (χ3v) is 2.81. The maximum Gasteiger partial charge on any atom is 0.123 e. The second kappa shape index (κ2) is 5.23. The zero-order chi connectivity index (χ0) is 13.1. The topological polar surface area (TPSA) is 36.6 Å². The van der Waals surface area contributed by atoms with Crippen LogP contribution in [0.1, 0.15) is 17.1 Å². The van der Waals surface area contributed by atoms with Crippen molar-refractivity contribution in [2.45, 2.75) is 20.1 Å². The molecule has 2 rings (SSSR count). The molecule has 0 bridgehead atoms. The van der Waals surface area contributed by atoms with E-state index in [0.717, 1.165) is 17.2 Å². The van der Waals surface area contributed by atoms with E-state index in [1.54, 1.807) is 6.07 Å². The molecule has 4 heteroatoms. The molecule has 0 unspecified atom stereocenters. The van der Waals surface area contributed by atoms with Gasteiger partial charge < -0.3 is 14.4 Å². The fourth-order valence-electron chi connectivity index (χ4n) is 1.94. The summed E-state index contributed by atoms with van der Waals surface area (Å²) >= 11 is 0. The lowest BCUT2D eigenvalue weighted by Gasteiger charge is -2.20. The van der Waals surface area contributed by atoms with Crippen LogP contribution in [0.25, 0.3) is 0 Å². The Hall–Kier alpha value is -1.81. The molecule has 0 amide bonds. The van der Waals surface area contributed by atoms with E-state index in [9.17, 15) is 9.50 Å². The molecular formula is C14H16FNO2. The average molecular weight is 249 g/mol. The smallest absolute Gasteiger partial charge is 0.123 e. The van der Waals surface area contributed by atoms with Crippen LogP contribution in [0, 0.1) is 12.7 Å². The number of halogens is 1. The van der Waals surface area contributed by atoms with Crippen molar-refractivity contribution in [2.75, 3.05) is 11.9 Å². The van der Waals surface area contributed by atoms with Crippen LogP contribution in [0.15, 0.2) is 34.7 Å². The number of nitrogens with zero attached hydrogens (tertiary/aromatic N) is 1. The predicted molar refractivity (Wildman–Crippen MR) is 67.9 cm³/mol. The first-order chi connectivity index (χ1) is 8.60. The van der Waals surface area contributed by atoms with Gasteiger partial charge in [-0.25, -0.2) is 4.39 Å². The molecule has 0 saturated carbocycles. The number of furan rings is 1. The van der Waals surface area contributed by atoms with E-state index in [2.05, 4.69) is 0 Å². The van der Waals surface area contributed by atoms with Crippen LogP contribution in [0.5, 0.6) is 0 Å². The second-order valence-corrected chi connectivity index (χ2v) is 4.30. The maximum absolute atomic E-state index is 13.1. The summed E-state index contributed by atoms with van der Waals surface area (Å²) in [5.74, 6) is 1.35. The van der Waals surface area contributed by atoms with Gasteiger partial charge in [-0.05, 0) is 37.3 Å². The van der Waals surface area contributed by atoms with Crippen molar-refractivity contribution >= 4 is 5.69 Å². The monoisotopic (exact) mass is 249 g/mol. The van der Waals surface area contributed by atoms with E-state index in [1.807, 2.05) is 31.0 Å². The van der Waals surface area contributed by atoms with Gasteiger partial charge in [0.25, 0.3) is 0 Å². The summed E-state index contributed by atoms with van der Waals surface area (Å²) in [4.78, 5) is 1.92. The third kappa shape index (κ3) is 2.71. The minimum Gasteiger partial charge on any atom is -0.464 e. The number of hydrogen-bond acceptors (Lipinski definition) is 3. The highest BCUT2D eigenvalue weighted by Gasteiger charge is 2.10. The van der Waals surface area contributed by atoms with E-state index >= 15 is 0 Å². The van der Waals surface area contributed by atoms with Gasteiger partial charge in [-0.15, -0.1) is 0 Å². The third-order valence-electron chi connectivity index (χ3n) is 2.81. The molecule has 1 N–H and O–H groups in total. The SMILES string of the molecule is Cc1ccc(CN(C)c2ccc(F)cc2CO)o1. The van der Waals surface area contributed by atoms with Crippen molar-refractivity contribution in [3.8, 4) is 0 Å². The first-order valence-electron chi connectivity index (χ1n) is 5.76. The summed E-state index contributed by atoms with van der Waals surface area (Å²) in [6, 6.07) is 8.21. The molecule has 3 nitrogen and oxygen atoms in total. The van der Waals surface area contributed by atoms with E-state index in [1.165, 1.54) is 12.1 Å². The Bertz CT molecular complexity index is 536. The molecule has 0 aliphatic heterocycles. The van der Waals surface area contributed by atoms with Gasteiger partial charge in [0.15, 0.2) is 0 Å². The highest BCUT2D eigenvalue weighted by Crippen LogP contribution is 2.22. The molecule has 0 aliphatic carbocycles. The highest BCUT2D eigenvalue weighted by atomic mass is 19.1. The Balaban J connectivity index is 2.20. The number of rotatable bonds is 4. The van der Waals surface area contributed by atoms with Crippen molar-refractivity contribution in [2.24, 2.45) is 0 Å². The average Bonchev–Trinajstić information content (AvgIpc) is 2.74. The summed E-state index contributed by atoms with van der Waals surface area (Å²) in [7, 11) is 1.88. The van der Waals surface area contributed by atoms with E-state index in [4.69, 9.17) is 4.42 Å². The van der Waals surface area contributed by atoms with Crippen LogP contribution < -0.4 is 4.90 Å². The number of aryl methyl sites for hydroxylation is 1. The van der Waals surface area contributed by atoms with Gasteiger partial charge in [0.05, 0.1) is 13.2 Å². The Morgan fingerprint density at radius 3 is 2.67 bits per heavy atom. The lowest BCUT2D eigenvalue weighted by molar-refractivity contribution is 0.281. The predicted octanol–water partition coefficient (Wildman–Crippen LogP) is 2.86. The zero-order valence-corrected chi connectivity index (χ0v) is 10.5. The Labute approximate surface area is 105 Å². The molecule has 0 saturated heterocycles. The number of benzene rings is 1. The van der Waals surface area contributed by atoms with E-state index < -0.39 is 0 Å². The highest BCUT2D eigenvalue weighted by molar-refractivity contribution is 5.53. The minimum absolute atomic E-state index is 0.186. The maximum atomic E-state index is 13.1.